The van der Waals surface area contributed by atoms with Crippen molar-refractivity contribution in [3.63, 3.8) is 0 Å². The van der Waals surface area contributed by atoms with Crippen LogP contribution >= 0.6 is 0 Å². The van der Waals surface area contributed by atoms with E-state index in [0.29, 0.717) is 6.29 Å². The summed E-state index contributed by atoms with van der Waals surface area (Å²) in [4.78, 5) is 56.9. The molecule has 0 saturated heterocycles. The number of rotatable bonds is 70. The zero-order valence-corrected chi connectivity index (χ0v) is 60.4. The van der Waals surface area contributed by atoms with Crippen molar-refractivity contribution >= 4 is 24.2 Å². The fourth-order valence-electron chi connectivity index (χ4n) is 13.4. The molecular formula is C82H150O7. The van der Waals surface area contributed by atoms with Crippen LogP contribution in [0.2, 0.25) is 0 Å². The Kier molecular flexibility index (Phi) is 61.9. The summed E-state index contributed by atoms with van der Waals surface area (Å²) in [6.45, 7) is 14.4. The molecule has 0 fully saturated rings. The highest BCUT2D eigenvalue weighted by Crippen LogP contribution is 2.28. The second kappa shape index (κ2) is 65.4. The van der Waals surface area contributed by atoms with Gasteiger partial charge in [0.05, 0.1) is 36.5 Å². The number of hydrogen-bond donors (Lipinski definition) is 0. The quantitative estimate of drug-likeness (QED) is 0.0277. The van der Waals surface area contributed by atoms with E-state index in [9.17, 15) is 19.2 Å². The van der Waals surface area contributed by atoms with Gasteiger partial charge >= 0.3 is 17.9 Å². The lowest BCUT2D eigenvalue weighted by molar-refractivity contribution is 0.0373. The maximum absolute atomic E-state index is 14.7. The Morgan fingerprint density at radius 2 is 0.427 bits per heavy atom. The van der Waals surface area contributed by atoms with Crippen LogP contribution < -0.4 is 0 Å². The highest BCUT2D eigenvalue weighted by molar-refractivity contribution is 6.08. The first kappa shape index (κ1) is 84.3. The minimum atomic E-state index is -0.637. The summed E-state index contributed by atoms with van der Waals surface area (Å²) >= 11 is 0. The summed E-state index contributed by atoms with van der Waals surface area (Å²) in [6, 6.07) is 2.85. The first-order valence-corrected chi connectivity index (χ1v) is 39.9. The lowest BCUT2D eigenvalue weighted by Crippen LogP contribution is -2.22. The van der Waals surface area contributed by atoms with Crippen LogP contribution in [-0.4, -0.2) is 44.0 Å². The molecule has 0 N–H and O–H groups in total. The van der Waals surface area contributed by atoms with Gasteiger partial charge in [0.1, 0.15) is 0 Å². The summed E-state index contributed by atoms with van der Waals surface area (Å²) in [7, 11) is 0. The molecule has 0 aliphatic heterocycles. The molecule has 0 aliphatic carbocycles. The van der Waals surface area contributed by atoms with E-state index in [1.54, 1.807) is 0 Å². The first-order chi connectivity index (χ1) is 43.8. The zero-order chi connectivity index (χ0) is 64.6. The molecule has 0 aromatic heterocycles. The van der Waals surface area contributed by atoms with Crippen molar-refractivity contribution in [2.24, 2.45) is 17.8 Å². The fourth-order valence-corrected chi connectivity index (χ4v) is 13.4. The summed E-state index contributed by atoms with van der Waals surface area (Å²) in [5.74, 6) is -1.25. The lowest BCUT2D eigenvalue weighted by Gasteiger charge is -2.20. The SMILES string of the molecule is CCCCCCCCCCCCC(CCCCCCCCCC)COC(=O)c1cc(C(=O)OCC(CCCCCCCCCC)CCCCCCCCCCCC)c(C(=O)OCC(CCCCCCCCCC)CCCCCCCCCCCC)cc1C=O. The van der Waals surface area contributed by atoms with Crippen molar-refractivity contribution in [2.45, 2.75) is 427 Å². The Labute approximate surface area is 553 Å². The Morgan fingerprint density at radius 1 is 0.258 bits per heavy atom. The molecule has 0 radical (unpaired) electrons. The van der Waals surface area contributed by atoms with Crippen LogP contribution in [0.15, 0.2) is 12.1 Å². The van der Waals surface area contributed by atoms with Crippen molar-refractivity contribution in [1.82, 2.24) is 0 Å². The average Bonchev–Trinajstić information content (AvgIpc) is 1.50. The van der Waals surface area contributed by atoms with E-state index in [1.807, 2.05) is 0 Å². The molecule has 0 spiro atoms. The van der Waals surface area contributed by atoms with Crippen molar-refractivity contribution in [1.29, 1.82) is 0 Å². The van der Waals surface area contributed by atoms with Gasteiger partial charge in [-0.1, -0.05) is 388 Å². The van der Waals surface area contributed by atoms with Crippen LogP contribution in [0.25, 0.3) is 0 Å². The standard InChI is InChI=1S/C82H150O7/c1-7-13-19-25-31-37-40-46-52-58-62-73(61-55-49-43-34-28-22-16-10-4)70-87-80(84)77-68-79(82(86)89-72-75(65-57-51-45-36-30-24-18-12-6)66-60-54-48-42-39-33-27-21-15-9-3)78(67-76(77)69-83)81(85)88-71-74(63-56-50-44-35-29-23-17-11-5)64-59-53-47-41-38-32-26-20-14-8-2/h67-69,73-75H,7-66,70-72H2,1-6H3. The van der Waals surface area contributed by atoms with E-state index in [1.165, 1.54) is 320 Å². The number of esters is 3. The van der Waals surface area contributed by atoms with E-state index < -0.39 is 17.9 Å². The van der Waals surface area contributed by atoms with Crippen LogP contribution in [0.3, 0.4) is 0 Å². The molecule has 7 heteroatoms. The summed E-state index contributed by atoms with van der Waals surface area (Å²) in [5.41, 5.74) is 0.0542. The van der Waals surface area contributed by atoms with Crippen LogP contribution in [0.5, 0.6) is 0 Å². The molecule has 0 saturated carbocycles. The Bertz CT molecular complexity index is 1720. The average molecular weight is 1250 g/mol. The number of carbonyl (C=O) groups excluding carboxylic acids is 4. The highest BCUT2D eigenvalue weighted by atomic mass is 16.5. The normalized spacial score (nSPS) is 12.6. The van der Waals surface area contributed by atoms with E-state index in [4.69, 9.17) is 14.2 Å². The molecule has 3 atom stereocenters. The first-order valence-electron chi connectivity index (χ1n) is 39.9. The molecule has 0 amide bonds. The van der Waals surface area contributed by atoms with Crippen molar-refractivity contribution in [3.05, 3.63) is 34.4 Å². The minimum Gasteiger partial charge on any atom is -0.462 e. The van der Waals surface area contributed by atoms with Gasteiger partial charge in [-0.25, -0.2) is 14.4 Å². The Balaban J connectivity index is 3.49. The Morgan fingerprint density at radius 3 is 0.618 bits per heavy atom. The molecule has 520 valence electrons. The molecule has 3 unspecified atom stereocenters. The second-order valence-electron chi connectivity index (χ2n) is 28.2. The van der Waals surface area contributed by atoms with Gasteiger partial charge in [0.25, 0.3) is 0 Å². The third-order valence-corrected chi connectivity index (χ3v) is 19.6. The lowest BCUT2D eigenvalue weighted by atomic mass is 9.94. The van der Waals surface area contributed by atoms with Gasteiger partial charge in [0, 0.05) is 5.56 Å². The number of carbonyl (C=O) groups is 4. The van der Waals surface area contributed by atoms with Crippen LogP contribution in [0, 0.1) is 17.8 Å². The highest BCUT2D eigenvalue weighted by Gasteiger charge is 2.28. The van der Waals surface area contributed by atoms with E-state index >= 15 is 0 Å². The summed E-state index contributed by atoms with van der Waals surface area (Å²) in [5, 5.41) is 0. The van der Waals surface area contributed by atoms with Gasteiger partial charge in [0.15, 0.2) is 6.29 Å². The topological polar surface area (TPSA) is 96.0 Å². The summed E-state index contributed by atoms with van der Waals surface area (Å²) in [6.07, 6.45) is 74.9. The largest absolute Gasteiger partial charge is 0.462 e. The second-order valence-corrected chi connectivity index (χ2v) is 28.2. The fraction of sp³-hybridized carbons (Fsp3) is 0.878. The number of aldehydes is 1. The summed E-state index contributed by atoms with van der Waals surface area (Å²) < 4.78 is 18.8. The number of unbranched alkanes of at least 4 members (excludes halogenated alkanes) is 48. The molecule has 7 nitrogen and oxygen atoms in total. The van der Waals surface area contributed by atoms with Gasteiger partial charge in [0.2, 0.25) is 0 Å². The maximum Gasteiger partial charge on any atom is 0.339 e. The third-order valence-electron chi connectivity index (χ3n) is 19.6. The number of benzene rings is 1. The van der Waals surface area contributed by atoms with E-state index in [2.05, 4.69) is 41.5 Å². The third kappa shape index (κ3) is 50.5. The monoisotopic (exact) mass is 1250 g/mol. The van der Waals surface area contributed by atoms with Gasteiger partial charge in [-0.2, -0.15) is 0 Å². The molecular weight excluding hydrogens is 1100 g/mol. The van der Waals surface area contributed by atoms with Gasteiger partial charge < -0.3 is 14.2 Å². The van der Waals surface area contributed by atoms with E-state index in [-0.39, 0.29) is 59.8 Å². The Hall–Kier alpha value is -2.70. The maximum atomic E-state index is 14.7. The van der Waals surface area contributed by atoms with Crippen LogP contribution in [0.1, 0.15) is 468 Å². The zero-order valence-electron chi connectivity index (χ0n) is 60.4. The molecule has 0 aliphatic rings. The number of ether oxygens (including phenoxy) is 3. The predicted octanol–water partition coefficient (Wildman–Crippen LogP) is 27.3. The molecule has 0 bridgehead atoms. The van der Waals surface area contributed by atoms with Crippen LogP contribution in [0.4, 0.5) is 0 Å². The van der Waals surface area contributed by atoms with Crippen LogP contribution in [-0.2, 0) is 14.2 Å². The molecule has 1 aromatic carbocycles. The minimum absolute atomic E-state index is 0.00117. The van der Waals surface area contributed by atoms with Gasteiger partial charge in [-0.3, -0.25) is 4.79 Å². The molecule has 0 heterocycles. The molecule has 1 rings (SSSR count). The van der Waals surface area contributed by atoms with Gasteiger partial charge in [-0.15, -0.1) is 0 Å². The van der Waals surface area contributed by atoms with Gasteiger partial charge in [-0.05, 0) is 68.4 Å². The van der Waals surface area contributed by atoms with Crippen molar-refractivity contribution in [3.8, 4) is 0 Å². The van der Waals surface area contributed by atoms with E-state index in [0.717, 1.165) is 77.0 Å². The van der Waals surface area contributed by atoms with Crippen molar-refractivity contribution < 1.29 is 33.4 Å². The smallest absolute Gasteiger partial charge is 0.339 e. The molecule has 89 heavy (non-hydrogen) atoms. The molecule has 1 aromatic rings. The predicted molar refractivity (Wildman–Crippen MR) is 384 cm³/mol. The van der Waals surface area contributed by atoms with Crippen molar-refractivity contribution in [2.75, 3.05) is 19.8 Å². The number of hydrogen-bond acceptors (Lipinski definition) is 7.